The Morgan fingerprint density at radius 2 is 2.04 bits per heavy atom. The van der Waals surface area contributed by atoms with Crippen LogP contribution in [0.5, 0.6) is 0 Å². The van der Waals surface area contributed by atoms with Crippen LogP contribution < -0.4 is 0 Å². The van der Waals surface area contributed by atoms with E-state index < -0.39 is 14.9 Å². The molecule has 28 heavy (non-hydrogen) atoms. The van der Waals surface area contributed by atoms with E-state index in [0.29, 0.717) is 21.9 Å². The summed E-state index contributed by atoms with van der Waals surface area (Å²) in [5.74, 6) is 0. The first-order valence-corrected chi connectivity index (χ1v) is 9.42. The van der Waals surface area contributed by atoms with Crippen LogP contribution in [0.4, 0.5) is 5.69 Å². The highest BCUT2D eigenvalue weighted by Crippen LogP contribution is 2.24. The standard InChI is InChI=1S/C16H14ClN5O4S.ClH/c1-11-3-5-13(22(23)24)7-15(11)27(25,26)20(2)19-9-14-8-18-16-6-4-12(17)10-21(14)16;/h3-10H,1-2H3;1H/b19-9+;. The number of sulfonamides is 1. The minimum Gasteiger partial charge on any atom is -0.297 e. The number of hydrazone groups is 1. The molecule has 1 aromatic carbocycles. The van der Waals surface area contributed by atoms with Crippen LogP contribution in [0.2, 0.25) is 5.02 Å². The molecule has 2 heterocycles. The summed E-state index contributed by atoms with van der Waals surface area (Å²) in [6.45, 7) is 1.56. The van der Waals surface area contributed by atoms with Crippen LogP contribution in [0.1, 0.15) is 11.3 Å². The molecule has 148 valence electrons. The highest BCUT2D eigenvalue weighted by Gasteiger charge is 2.24. The number of nitrogens with zero attached hydrogens (tertiary/aromatic N) is 5. The molecule has 0 bridgehead atoms. The van der Waals surface area contributed by atoms with Crippen molar-refractivity contribution in [1.82, 2.24) is 13.8 Å². The number of pyridine rings is 1. The van der Waals surface area contributed by atoms with E-state index in [1.165, 1.54) is 31.6 Å². The largest absolute Gasteiger partial charge is 0.297 e. The van der Waals surface area contributed by atoms with Crippen molar-refractivity contribution in [1.29, 1.82) is 0 Å². The number of hydrogen-bond donors (Lipinski definition) is 0. The van der Waals surface area contributed by atoms with Crippen molar-refractivity contribution in [3.63, 3.8) is 0 Å². The van der Waals surface area contributed by atoms with Crippen LogP contribution in [0, 0.1) is 17.0 Å². The zero-order valence-corrected chi connectivity index (χ0v) is 17.1. The summed E-state index contributed by atoms with van der Waals surface area (Å²) in [7, 11) is -2.81. The van der Waals surface area contributed by atoms with Gasteiger partial charge in [-0.1, -0.05) is 17.7 Å². The molecule has 0 spiro atoms. The Labute approximate surface area is 171 Å². The fourth-order valence-corrected chi connectivity index (χ4v) is 3.76. The molecule has 12 heteroatoms. The van der Waals surface area contributed by atoms with Gasteiger partial charge in [0.25, 0.3) is 15.7 Å². The Morgan fingerprint density at radius 1 is 1.32 bits per heavy atom. The number of aromatic nitrogens is 2. The first-order chi connectivity index (χ1) is 12.7. The van der Waals surface area contributed by atoms with Crippen LogP contribution in [-0.4, -0.2) is 40.4 Å². The quantitative estimate of drug-likeness (QED) is 0.341. The van der Waals surface area contributed by atoms with Gasteiger partial charge in [0.05, 0.1) is 32.9 Å². The number of imidazole rings is 1. The molecule has 0 aliphatic rings. The van der Waals surface area contributed by atoms with Crippen LogP contribution in [0.25, 0.3) is 5.65 Å². The third-order valence-corrected chi connectivity index (χ3v) is 5.87. The van der Waals surface area contributed by atoms with Gasteiger partial charge in [-0.15, -0.1) is 12.4 Å². The van der Waals surface area contributed by atoms with E-state index in [4.69, 9.17) is 11.6 Å². The van der Waals surface area contributed by atoms with E-state index in [0.717, 1.165) is 10.5 Å². The predicted octanol–water partition coefficient (Wildman–Crippen LogP) is 3.28. The number of aryl methyl sites for hydroxylation is 1. The zero-order valence-electron chi connectivity index (χ0n) is 14.7. The lowest BCUT2D eigenvalue weighted by Crippen LogP contribution is -2.23. The third-order valence-electron chi connectivity index (χ3n) is 3.86. The molecular weight excluding hydrogens is 429 g/mol. The molecule has 2 aromatic heterocycles. The summed E-state index contributed by atoms with van der Waals surface area (Å²) in [4.78, 5) is 14.3. The second-order valence-corrected chi connectivity index (χ2v) is 8.00. The van der Waals surface area contributed by atoms with Crippen LogP contribution >= 0.6 is 24.0 Å². The number of halogens is 2. The third kappa shape index (κ3) is 4.08. The normalized spacial score (nSPS) is 11.5. The van der Waals surface area contributed by atoms with E-state index in [9.17, 15) is 18.5 Å². The number of fused-ring (bicyclic) bond motifs is 1. The number of benzene rings is 1. The Morgan fingerprint density at radius 3 is 2.71 bits per heavy atom. The summed E-state index contributed by atoms with van der Waals surface area (Å²) in [6.07, 6.45) is 4.47. The lowest BCUT2D eigenvalue weighted by atomic mass is 10.2. The smallest absolute Gasteiger partial charge is 0.279 e. The first kappa shape index (κ1) is 21.6. The monoisotopic (exact) mass is 443 g/mol. The van der Waals surface area contributed by atoms with Crippen LogP contribution in [0.3, 0.4) is 0 Å². The number of nitro benzene ring substituents is 1. The number of hydrogen-bond acceptors (Lipinski definition) is 6. The van der Waals surface area contributed by atoms with Crippen molar-refractivity contribution in [2.75, 3.05) is 7.05 Å². The van der Waals surface area contributed by atoms with Gasteiger partial charge >= 0.3 is 0 Å². The molecule has 0 unspecified atom stereocenters. The van der Waals surface area contributed by atoms with Crippen LogP contribution in [-0.2, 0) is 10.0 Å². The van der Waals surface area contributed by atoms with Crippen molar-refractivity contribution in [2.24, 2.45) is 5.10 Å². The molecule has 3 aromatic rings. The van der Waals surface area contributed by atoms with Gasteiger partial charge in [-0.2, -0.15) is 17.9 Å². The lowest BCUT2D eigenvalue weighted by molar-refractivity contribution is -0.385. The molecule has 0 N–H and O–H groups in total. The number of nitro groups is 1. The summed E-state index contributed by atoms with van der Waals surface area (Å²) in [5, 5.41) is 15.4. The lowest BCUT2D eigenvalue weighted by Gasteiger charge is -2.15. The van der Waals surface area contributed by atoms with E-state index in [1.54, 1.807) is 29.7 Å². The zero-order chi connectivity index (χ0) is 19.8. The highest BCUT2D eigenvalue weighted by molar-refractivity contribution is 7.89. The topological polar surface area (TPSA) is 110 Å². The fourth-order valence-electron chi connectivity index (χ4n) is 2.39. The molecule has 0 aliphatic heterocycles. The van der Waals surface area contributed by atoms with E-state index in [-0.39, 0.29) is 23.0 Å². The SMILES string of the molecule is Cc1ccc([N+](=O)[O-])cc1S(=O)(=O)N(C)/N=C/c1cnc2ccc(Cl)cn12.Cl. The molecule has 3 rings (SSSR count). The van der Waals surface area contributed by atoms with Crippen LogP contribution in [0.15, 0.2) is 52.7 Å². The maximum Gasteiger partial charge on any atom is 0.279 e. The van der Waals surface area contributed by atoms with E-state index >= 15 is 0 Å². The summed E-state index contributed by atoms with van der Waals surface area (Å²) >= 11 is 5.97. The predicted molar refractivity (Wildman–Crippen MR) is 108 cm³/mol. The minimum atomic E-state index is -4.07. The molecule has 0 saturated carbocycles. The molecule has 0 amide bonds. The second kappa shape index (κ2) is 8.13. The van der Waals surface area contributed by atoms with E-state index in [2.05, 4.69) is 10.1 Å². The van der Waals surface area contributed by atoms with Crippen molar-refractivity contribution < 1.29 is 13.3 Å². The van der Waals surface area contributed by atoms with Gasteiger partial charge < -0.3 is 0 Å². The average Bonchev–Trinajstić information content (AvgIpc) is 3.01. The maximum atomic E-state index is 12.8. The molecule has 0 aliphatic carbocycles. The first-order valence-electron chi connectivity index (χ1n) is 7.61. The molecule has 9 nitrogen and oxygen atoms in total. The highest BCUT2D eigenvalue weighted by atomic mass is 35.5. The van der Waals surface area contributed by atoms with Gasteiger partial charge in [0.2, 0.25) is 0 Å². The Balaban J connectivity index is 0.00000280. The molecule has 0 radical (unpaired) electrons. The summed E-state index contributed by atoms with van der Waals surface area (Å²) in [6, 6.07) is 7.05. The summed E-state index contributed by atoms with van der Waals surface area (Å²) in [5.41, 5.74) is 1.21. The van der Waals surface area contributed by atoms with Gasteiger partial charge in [0.15, 0.2) is 0 Å². The molecule has 0 atom stereocenters. The summed E-state index contributed by atoms with van der Waals surface area (Å²) < 4.78 is 27.9. The van der Waals surface area contributed by atoms with Crippen molar-refractivity contribution in [2.45, 2.75) is 11.8 Å². The molecule has 0 fully saturated rings. The Kier molecular flexibility index (Phi) is 6.27. The average molecular weight is 444 g/mol. The van der Waals surface area contributed by atoms with Gasteiger partial charge in [-0.25, -0.2) is 4.98 Å². The molecular formula is C16H15Cl2N5O4S. The number of non-ortho nitro benzene ring substituents is 1. The van der Waals surface area contributed by atoms with Crippen molar-refractivity contribution in [3.8, 4) is 0 Å². The molecule has 0 saturated heterocycles. The minimum absolute atomic E-state index is 0. The number of rotatable bonds is 5. The Hall–Kier alpha value is -2.69. The Bertz CT molecular complexity index is 1180. The van der Waals surface area contributed by atoms with Gasteiger partial charge in [-0.3, -0.25) is 14.5 Å². The maximum absolute atomic E-state index is 12.8. The van der Waals surface area contributed by atoms with Gasteiger partial charge in [0.1, 0.15) is 5.65 Å². The van der Waals surface area contributed by atoms with Gasteiger partial charge in [-0.05, 0) is 24.6 Å². The van der Waals surface area contributed by atoms with Crippen molar-refractivity contribution in [3.05, 3.63) is 69.1 Å². The van der Waals surface area contributed by atoms with Crippen molar-refractivity contribution >= 4 is 51.6 Å². The van der Waals surface area contributed by atoms with E-state index in [1.807, 2.05) is 0 Å². The second-order valence-electron chi connectivity index (χ2n) is 5.65. The fraction of sp³-hybridized carbons (Fsp3) is 0.125. The van der Waals surface area contributed by atoms with Gasteiger partial charge in [0, 0.05) is 25.4 Å².